The summed E-state index contributed by atoms with van der Waals surface area (Å²) in [5, 5.41) is 3.33. The summed E-state index contributed by atoms with van der Waals surface area (Å²) in [4.78, 5) is 0. The summed E-state index contributed by atoms with van der Waals surface area (Å²) in [6.07, 6.45) is 0.922. The van der Waals surface area contributed by atoms with Gasteiger partial charge in [-0.15, -0.1) is 0 Å². The first-order valence-corrected chi connectivity index (χ1v) is 8.24. The van der Waals surface area contributed by atoms with E-state index in [0.29, 0.717) is 0 Å². The number of rotatable bonds is 3. The fourth-order valence-corrected chi connectivity index (χ4v) is 3.97. The molecule has 0 aliphatic carbocycles. The second-order valence-electron chi connectivity index (χ2n) is 4.72. The standard InChI is InChI=1S/C12H16BrNO3S/c1-8(7-18(15,16)17)12-10-3-2-4-11(13)9(10)5-6-14-12/h2-4,8,12,14H,5-7H2,1H3,(H,15,16,17). The number of benzene rings is 1. The monoisotopic (exact) mass is 333 g/mol. The Morgan fingerprint density at radius 3 is 2.94 bits per heavy atom. The van der Waals surface area contributed by atoms with E-state index in [2.05, 4.69) is 21.2 Å². The zero-order valence-corrected chi connectivity index (χ0v) is 12.5. The van der Waals surface area contributed by atoms with Gasteiger partial charge in [0, 0.05) is 10.5 Å². The van der Waals surface area contributed by atoms with E-state index in [1.807, 2.05) is 25.1 Å². The van der Waals surface area contributed by atoms with Gasteiger partial charge in [-0.25, -0.2) is 0 Å². The van der Waals surface area contributed by atoms with E-state index in [4.69, 9.17) is 4.55 Å². The van der Waals surface area contributed by atoms with Gasteiger partial charge in [-0.05, 0) is 36.1 Å². The van der Waals surface area contributed by atoms with Crippen molar-refractivity contribution in [3.05, 3.63) is 33.8 Å². The SMILES string of the molecule is CC(CS(=O)(=O)O)C1NCCc2c(Br)cccc21. The van der Waals surface area contributed by atoms with Crippen LogP contribution in [0.5, 0.6) is 0 Å². The molecule has 2 atom stereocenters. The van der Waals surface area contributed by atoms with Crippen molar-refractivity contribution in [1.29, 1.82) is 0 Å². The van der Waals surface area contributed by atoms with Crippen LogP contribution in [0.2, 0.25) is 0 Å². The van der Waals surface area contributed by atoms with Gasteiger partial charge in [-0.2, -0.15) is 8.42 Å². The third kappa shape index (κ3) is 3.12. The van der Waals surface area contributed by atoms with Crippen molar-refractivity contribution in [3.8, 4) is 0 Å². The van der Waals surface area contributed by atoms with Crippen LogP contribution in [0.1, 0.15) is 24.1 Å². The smallest absolute Gasteiger partial charge is 0.265 e. The van der Waals surface area contributed by atoms with E-state index in [9.17, 15) is 8.42 Å². The Balaban J connectivity index is 2.30. The van der Waals surface area contributed by atoms with E-state index in [1.165, 1.54) is 5.56 Å². The van der Waals surface area contributed by atoms with Crippen molar-refractivity contribution in [2.45, 2.75) is 19.4 Å². The minimum Gasteiger partial charge on any atom is -0.309 e. The molecular formula is C12H16BrNO3S. The summed E-state index contributed by atoms with van der Waals surface area (Å²) < 4.78 is 32.0. The van der Waals surface area contributed by atoms with Crippen LogP contribution in [-0.4, -0.2) is 25.3 Å². The molecule has 4 nitrogen and oxygen atoms in total. The predicted molar refractivity (Wildman–Crippen MR) is 74.2 cm³/mol. The molecule has 1 aromatic rings. The second kappa shape index (κ2) is 5.28. The van der Waals surface area contributed by atoms with E-state index in [1.54, 1.807) is 0 Å². The Bertz CT molecular complexity index is 544. The lowest BCUT2D eigenvalue weighted by atomic mass is 9.88. The van der Waals surface area contributed by atoms with Crippen LogP contribution >= 0.6 is 15.9 Å². The van der Waals surface area contributed by atoms with Crippen LogP contribution in [0.3, 0.4) is 0 Å². The number of hydrogen-bond donors (Lipinski definition) is 2. The minimum absolute atomic E-state index is 0.0341. The van der Waals surface area contributed by atoms with Crippen LogP contribution in [0, 0.1) is 5.92 Å². The second-order valence-corrected chi connectivity index (χ2v) is 7.07. The maximum absolute atomic E-state index is 11.0. The first kappa shape index (κ1) is 14.0. The number of fused-ring (bicyclic) bond motifs is 1. The average molecular weight is 334 g/mol. The van der Waals surface area contributed by atoms with E-state index >= 15 is 0 Å². The highest BCUT2D eigenvalue weighted by Gasteiger charge is 2.28. The molecule has 2 unspecified atom stereocenters. The summed E-state index contributed by atoms with van der Waals surface area (Å²) in [7, 11) is -3.94. The zero-order valence-electron chi connectivity index (χ0n) is 10.1. The van der Waals surface area contributed by atoms with Crippen molar-refractivity contribution in [2.75, 3.05) is 12.3 Å². The van der Waals surface area contributed by atoms with Crippen LogP contribution in [0.25, 0.3) is 0 Å². The van der Waals surface area contributed by atoms with Gasteiger partial charge in [0.1, 0.15) is 0 Å². The third-order valence-corrected chi connectivity index (χ3v) is 4.96. The molecular weight excluding hydrogens is 318 g/mol. The molecule has 1 aliphatic heterocycles. The van der Waals surface area contributed by atoms with Gasteiger partial charge in [0.05, 0.1) is 5.75 Å². The number of hydrogen-bond acceptors (Lipinski definition) is 3. The van der Waals surface area contributed by atoms with Crippen LogP contribution in [0.15, 0.2) is 22.7 Å². The molecule has 2 N–H and O–H groups in total. The Labute approximate surface area is 116 Å². The van der Waals surface area contributed by atoms with Crippen molar-refractivity contribution in [1.82, 2.24) is 5.32 Å². The van der Waals surface area contributed by atoms with E-state index < -0.39 is 10.1 Å². The van der Waals surface area contributed by atoms with Gasteiger partial charge < -0.3 is 5.32 Å². The summed E-state index contributed by atoms with van der Waals surface area (Å²) in [5.74, 6) is -0.398. The first-order chi connectivity index (χ1) is 8.38. The molecule has 18 heavy (non-hydrogen) atoms. The highest BCUT2D eigenvalue weighted by molar-refractivity contribution is 9.10. The van der Waals surface area contributed by atoms with Crippen LogP contribution in [0.4, 0.5) is 0 Å². The fourth-order valence-electron chi connectivity index (χ4n) is 2.53. The summed E-state index contributed by atoms with van der Waals surface area (Å²) in [5.41, 5.74) is 2.34. The quantitative estimate of drug-likeness (QED) is 0.832. The van der Waals surface area contributed by atoms with E-state index in [-0.39, 0.29) is 17.7 Å². The molecule has 100 valence electrons. The summed E-state index contributed by atoms with van der Waals surface area (Å²) in [6.45, 7) is 2.65. The fraction of sp³-hybridized carbons (Fsp3) is 0.500. The van der Waals surface area contributed by atoms with Crippen molar-refractivity contribution in [3.63, 3.8) is 0 Å². The lowest BCUT2D eigenvalue weighted by molar-refractivity contribution is 0.383. The Morgan fingerprint density at radius 1 is 1.56 bits per heavy atom. The Morgan fingerprint density at radius 2 is 2.28 bits per heavy atom. The van der Waals surface area contributed by atoms with Gasteiger partial charge in [-0.1, -0.05) is 35.0 Å². The molecule has 0 saturated carbocycles. The number of nitrogens with one attached hydrogen (secondary N) is 1. The van der Waals surface area contributed by atoms with Crippen molar-refractivity contribution < 1.29 is 13.0 Å². The molecule has 6 heteroatoms. The van der Waals surface area contributed by atoms with Crippen LogP contribution in [-0.2, 0) is 16.5 Å². The normalized spacial score (nSPS) is 21.4. The molecule has 2 rings (SSSR count). The maximum atomic E-state index is 11.0. The molecule has 1 aromatic carbocycles. The van der Waals surface area contributed by atoms with Crippen LogP contribution < -0.4 is 5.32 Å². The molecule has 0 saturated heterocycles. The molecule has 0 spiro atoms. The predicted octanol–water partition coefficient (Wildman–Crippen LogP) is 2.16. The highest BCUT2D eigenvalue weighted by Crippen LogP contribution is 2.33. The maximum Gasteiger partial charge on any atom is 0.265 e. The first-order valence-electron chi connectivity index (χ1n) is 5.84. The van der Waals surface area contributed by atoms with E-state index in [0.717, 1.165) is 23.0 Å². The molecule has 0 bridgehead atoms. The van der Waals surface area contributed by atoms with Gasteiger partial charge in [-0.3, -0.25) is 4.55 Å². The molecule has 0 radical (unpaired) electrons. The Hall–Kier alpha value is -0.430. The average Bonchev–Trinajstić information content (AvgIpc) is 2.26. The minimum atomic E-state index is -3.94. The third-order valence-electron chi connectivity index (χ3n) is 3.27. The van der Waals surface area contributed by atoms with Gasteiger partial charge in [0.15, 0.2) is 0 Å². The Kier molecular flexibility index (Phi) is 4.11. The zero-order chi connectivity index (χ0) is 13.3. The number of halogens is 1. The lowest BCUT2D eigenvalue weighted by Crippen LogP contribution is -2.36. The molecule has 1 aliphatic rings. The van der Waals surface area contributed by atoms with Crippen molar-refractivity contribution in [2.24, 2.45) is 5.92 Å². The van der Waals surface area contributed by atoms with Crippen molar-refractivity contribution >= 4 is 26.0 Å². The van der Waals surface area contributed by atoms with Gasteiger partial charge in [0.2, 0.25) is 0 Å². The largest absolute Gasteiger partial charge is 0.309 e. The molecule has 1 heterocycles. The molecule has 0 aromatic heterocycles. The summed E-state index contributed by atoms with van der Waals surface area (Å²) in [6, 6.07) is 5.92. The molecule has 0 fully saturated rings. The van der Waals surface area contributed by atoms with Gasteiger partial charge >= 0.3 is 0 Å². The summed E-state index contributed by atoms with van der Waals surface area (Å²) >= 11 is 3.52. The molecule has 0 amide bonds. The lowest BCUT2D eigenvalue weighted by Gasteiger charge is -2.31. The topological polar surface area (TPSA) is 66.4 Å². The van der Waals surface area contributed by atoms with Gasteiger partial charge in [0.25, 0.3) is 10.1 Å². The highest BCUT2D eigenvalue weighted by atomic mass is 79.9.